The molecule has 9 nitrogen and oxygen atoms in total. The molecule has 0 bridgehead atoms. The Hall–Kier alpha value is -3.37. The van der Waals surface area contributed by atoms with E-state index >= 15 is 0 Å². The second kappa shape index (κ2) is 10.6. The second-order valence-corrected chi connectivity index (χ2v) is 7.61. The van der Waals surface area contributed by atoms with Crippen LogP contribution >= 0.6 is 11.8 Å². The van der Waals surface area contributed by atoms with Crippen molar-refractivity contribution in [3.8, 4) is 0 Å². The zero-order valence-electron chi connectivity index (χ0n) is 16.7. The van der Waals surface area contributed by atoms with E-state index in [9.17, 15) is 14.4 Å². The molecule has 31 heavy (non-hydrogen) atoms. The Morgan fingerprint density at radius 1 is 0.968 bits per heavy atom. The van der Waals surface area contributed by atoms with E-state index in [2.05, 4.69) is 4.99 Å². The Kier molecular flexibility index (Phi) is 7.63. The van der Waals surface area contributed by atoms with Crippen molar-refractivity contribution >= 4 is 40.4 Å². The van der Waals surface area contributed by atoms with Crippen LogP contribution in [-0.2, 0) is 14.3 Å². The summed E-state index contributed by atoms with van der Waals surface area (Å²) in [5, 5.41) is -0.164. The van der Waals surface area contributed by atoms with Gasteiger partial charge in [0.15, 0.2) is 12.6 Å². The Bertz CT molecular complexity index is 966. The molecular formula is C21H22N4O5S. The number of nitrogens with two attached hydrogens (primary N) is 2. The predicted octanol–water partition coefficient (Wildman–Crippen LogP) is 1.54. The Labute approximate surface area is 183 Å². The van der Waals surface area contributed by atoms with Crippen molar-refractivity contribution in [1.82, 2.24) is 4.90 Å². The molecule has 4 N–H and O–H groups in total. The number of thioether (sulfide) groups is 1. The van der Waals surface area contributed by atoms with Crippen molar-refractivity contribution in [2.24, 2.45) is 16.5 Å². The van der Waals surface area contributed by atoms with Gasteiger partial charge in [0.05, 0.1) is 24.5 Å². The first-order valence-corrected chi connectivity index (χ1v) is 10.3. The standard InChI is InChI=1S/C21H22N4O5S/c22-21(23)24-16-5-1-15(2-6-16)20(28)31-17-7-3-14(4-8-17)19(27)30-13-18(26)25-9-11-29-12-10-25/h1-8H,9-13H2,(H4,22,23,24). The predicted molar refractivity (Wildman–Crippen MR) is 116 cm³/mol. The Balaban J connectivity index is 1.52. The molecule has 0 unspecified atom stereocenters. The van der Waals surface area contributed by atoms with E-state index in [0.29, 0.717) is 48.0 Å². The normalized spacial score (nSPS) is 13.4. The summed E-state index contributed by atoms with van der Waals surface area (Å²) in [6.45, 7) is 1.64. The van der Waals surface area contributed by atoms with Crippen LogP contribution in [0.5, 0.6) is 0 Å². The highest BCUT2D eigenvalue weighted by Gasteiger charge is 2.19. The fourth-order valence-electron chi connectivity index (χ4n) is 2.76. The average Bonchev–Trinajstić information content (AvgIpc) is 2.78. The molecule has 0 saturated carbocycles. The number of aliphatic imine (C=N–C) groups is 1. The summed E-state index contributed by atoms with van der Waals surface area (Å²) in [6.07, 6.45) is 0. The molecule has 0 aliphatic carbocycles. The van der Waals surface area contributed by atoms with Crippen LogP contribution in [0.15, 0.2) is 58.4 Å². The molecule has 1 heterocycles. The lowest BCUT2D eigenvalue weighted by Crippen LogP contribution is -2.42. The summed E-state index contributed by atoms with van der Waals surface area (Å²) >= 11 is 1.03. The number of esters is 1. The second-order valence-electron chi connectivity index (χ2n) is 6.57. The Morgan fingerprint density at radius 2 is 1.58 bits per heavy atom. The lowest BCUT2D eigenvalue weighted by atomic mass is 10.2. The average molecular weight is 442 g/mol. The zero-order valence-corrected chi connectivity index (χ0v) is 17.5. The number of carbonyl (C=O) groups is 3. The molecule has 0 atom stereocenters. The van der Waals surface area contributed by atoms with Crippen molar-refractivity contribution in [3.63, 3.8) is 0 Å². The minimum atomic E-state index is -0.597. The summed E-state index contributed by atoms with van der Waals surface area (Å²) in [5.41, 5.74) is 12.0. The molecule has 2 aromatic carbocycles. The largest absolute Gasteiger partial charge is 0.452 e. The van der Waals surface area contributed by atoms with E-state index < -0.39 is 5.97 Å². The number of benzene rings is 2. The minimum Gasteiger partial charge on any atom is -0.452 e. The monoisotopic (exact) mass is 442 g/mol. The van der Waals surface area contributed by atoms with E-state index in [1.54, 1.807) is 53.4 Å². The number of morpholine rings is 1. The minimum absolute atomic E-state index is 0.0578. The number of hydrogen-bond acceptors (Lipinski definition) is 7. The van der Waals surface area contributed by atoms with Gasteiger partial charge < -0.3 is 25.8 Å². The zero-order chi connectivity index (χ0) is 22.2. The topological polar surface area (TPSA) is 137 Å². The van der Waals surface area contributed by atoms with Crippen molar-refractivity contribution in [3.05, 3.63) is 59.7 Å². The van der Waals surface area contributed by atoms with Gasteiger partial charge in [0.25, 0.3) is 5.91 Å². The van der Waals surface area contributed by atoms with Gasteiger partial charge in [-0.05, 0) is 60.3 Å². The number of amides is 1. The van der Waals surface area contributed by atoms with Crippen molar-refractivity contribution in [2.75, 3.05) is 32.9 Å². The first kappa shape index (κ1) is 22.3. The van der Waals surface area contributed by atoms with Crippen molar-refractivity contribution < 1.29 is 23.9 Å². The fourth-order valence-corrected chi connectivity index (χ4v) is 3.50. The van der Waals surface area contributed by atoms with Crippen LogP contribution in [0.3, 0.4) is 0 Å². The van der Waals surface area contributed by atoms with Gasteiger partial charge >= 0.3 is 5.97 Å². The van der Waals surface area contributed by atoms with E-state index in [4.69, 9.17) is 20.9 Å². The third-order valence-electron chi connectivity index (χ3n) is 4.35. The van der Waals surface area contributed by atoms with Gasteiger partial charge in [-0.15, -0.1) is 0 Å². The van der Waals surface area contributed by atoms with Crippen LogP contribution in [0.2, 0.25) is 0 Å². The summed E-state index contributed by atoms with van der Waals surface area (Å²) in [7, 11) is 0. The molecule has 10 heteroatoms. The molecule has 1 amide bonds. The molecular weight excluding hydrogens is 420 g/mol. The third-order valence-corrected chi connectivity index (χ3v) is 5.28. The molecule has 162 valence electrons. The fraction of sp³-hybridized carbons (Fsp3) is 0.238. The van der Waals surface area contributed by atoms with Crippen molar-refractivity contribution in [1.29, 1.82) is 0 Å². The molecule has 2 aromatic rings. The lowest BCUT2D eigenvalue weighted by Gasteiger charge is -2.26. The molecule has 1 aliphatic heterocycles. The quantitative estimate of drug-likeness (QED) is 0.297. The summed E-state index contributed by atoms with van der Waals surface area (Å²) < 4.78 is 10.3. The van der Waals surface area contributed by atoms with E-state index in [-0.39, 0.29) is 23.6 Å². The van der Waals surface area contributed by atoms with Crippen LogP contribution in [0, 0.1) is 0 Å². The van der Waals surface area contributed by atoms with Gasteiger partial charge in [0, 0.05) is 23.5 Å². The van der Waals surface area contributed by atoms with Gasteiger partial charge in [0.2, 0.25) is 5.12 Å². The smallest absolute Gasteiger partial charge is 0.338 e. The maximum Gasteiger partial charge on any atom is 0.338 e. The molecule has 1 saturated heterocycles. The van der Waals surface area contributed by atoms with Crippen LogP contribution in [0.25, 0.3) is 0 Å². The number of carbonyl (C=O) groups excluding carboxylic acids is 3. The van der Waals surface area contributed by atoms with Gasteiger partial charge in [-0.25, -0.2) is 9.79 Å². The first-order valence-electron chi connectivity index (χ1n) is 9.47. The van der Waals surface area contributed by atoms with Crippen LogP contribution in [-0.4, -0.2) is 60.8 Å². The van der Waals surface area contributed by atoms with Crippen LogP contribution < -0.4 is 11.5 Å². The van der Waals surface area contributed by atoms with E-state index in [1.165, 1.54) is 0 Å². The number of hydrogen-bond donors (Lipinski definition) is 2. The highest BCUT2D eigenvalue weighted by molar-refractivity contribution is 8.14. The summed E-state index contributed by atoms with van der Waals surface area (Å²) in [4.78, 5) is 42.8. The SMILES string of the molecule is NC(N)=Nc1ccc(C(=O)Sc2ccc(C(=O)OCC(=O)N3CCOCC3)cc2)cc1. The van der Waals surface area contributed by atoms with Gasteiger partial charge in [-0.1, -0.05) is 0 Å². The summed E-state index contributed by atoms with van der Waals surface area (Å²) in [6, 6.07) is 13.0. The maximum atomic E-state index is 12.4. The first-order chi connectivity index (χ1) is 14.9. The van der Waals surface area contributed by atoms with Crippen molar-refractivity contribution in [2.45, 2.75) is 4.90 Å². The maximum absolute atomic E-state index is 12.4. The Morgan fingerprint density at radius 3 is 2.19 bits per heavy atom. The van der Waals surface area contributed by atoms with E-state index in [1.807, 2.05) is 0 Å². The number of nitrogens with zero attached hydrogens (tertiary/aromatic N) is 2. The molecule has 0 spiro atoms. The third kappa shape index (κ3) is 6.56. The molecule has 1 aliphatic rings. The molecule has 0 radical (unpaired) electrons. The highest BCUT2D eigenvalue weighted by atomic mass is 32.2. The number of guanidine groups is 1. The van der Waals surface area contributed by atoms with Crippen LogP contribution in [0.4, 0.5) is 5.69 Å². The van der Waals surface area contributed by atoms with Gasteiger partial charge in [-0.2, -0.15) is 0 Å². The molecule has 0 aromatic heterocycles. The summed E-state index contributed by atoms with van der Waals surface area (Å²) in [5.74, 6) is -0.905. The lowest BCUT2D eigenvalue weighted by molar-refractivity contribution is -0.138. The van der Waals surface area contributed by atoms with Gasteiger partial charge in [-0.3, -0.25) is 9.59 Å². The van der Waals surface area contributed by atoms with Crippen LogP contribution in [0.1, 0.15) is 20.7 Å². The molecule has 3 rings (SSSR count). The van der Waals surface area contributed by atoms with Gasteiger partial charge in [0.1, 0.15) is 0 Å². The number of ether oxygens (including phenoxy) is 2. The van der Waals surface area contributed by atoms with E-state index in [0.717, 1.165) is 11.8 Å². The number of rotatable bonds is 6. The highest BCUT2D eigenvalue weighted by Crippen LogP contribution is 2.24. The molecule has 1 fully saturated rings.